The summed E-state index contributed by atoms with van der Waals surface area (Å²) in [6, 6.07) is 2.79. The zero-order chi connectivity index (χ0) is 13.7. The topological polar surface area (TPSA) is 33.1 Å². The number of nitrogens with zero attached hydrogens (tertiary/aromatic N) is 3. The molecular weight excluding hydrogens is 236 g/mol. The average Bonchev–Trinajstić information content (AvgIpc) is 2.82. The van der Waals surface area contributed by atoms with E-state index in [1.165, 1.54) is 38.0 Å². The van der Waals surface area contributed by atoms with E-state index in [0.29, 0.717) is 6.04 Å². The van der Waals surface area contributed by atoms with Gasteiger partial charge in [-0.15, -0.1) is 0 Å². The van der Waals surface area contributed by atoms with Crippen LogP contribution in [0.5, 0.6) is 0 Å². The number of rotatable bonds is 6. The summed E-state index contributed by atoms with van der Waals surface area (Å²) in [4.78, 5) is 2.53. The van der Waals surface area contributed by atoms with Crippen LogP contribution in [0.3, 0.4) is 0 Å². The quantitative estimate of drug-likeness (QED) is 0.853. The van der Waals surface area contributed by atoms with Gasteiger partial charge in [0.1, 0.15) is 0 Å². The fourth-order valence-corrected chi connectivity index (χ4v) is 2.93. The lowest BCUT2D eigenvalue weighted by molar-refractivity contribution is 0.155. The summed E-state index contributed by atoms with van der Waals surface area (Å²) in [5.74, 6) is 0.839. The number of piperidine rings is 1. The van der Waals surface area contributed by atoms with Crippen LogP contribution < -0.4 is 5.32 Å². The molecule has 2 heterocycles. The van der Waals surface area contributed by atoms with Crippen molar-refractivity contribution in [3.8, 4) is 0 Å². The Balaban J connectivity index is 1.73. The van der Waals surface area contributed by atoms with Crippen LogP contribution in [-0.2, 0) is 13.6 Å². The van der Waals surface area contributed by atoms with Crippen molar-refractivity contribution in [2.45, 2.75) is 45.7 Å². The molecule has 0 aliphatic carbocycles. The van der Waals surface area contributed by atoms with Gasteiger partial charge in [-0.2, -0.15) is 5.10 Å². The van der Waals surface area contributed by atoms with Crippen LogP contribution in [0.1, 0.15) is 38.8 Å². The molecule has 1 saturated heterocycles. The predicted octanol–water partition coefficient (Wildman–Crippen LogP) is 2.02. The molecule has 1 aliphatic rings. The lowest BCUT2D eigenvalue weighted by atomic mass is 9.90. The van der Waals surface area contributed by atoms with Crippen LogP contribution in [0.4, 0.5) is 0 Å². The molecule has 1 N–H and O–H groups in total. The molecule has 1 aromatic rings. The lowest BCUT2D eigenvalue weighted by Crippen LogP contribution is -2.41. The molecule has 19 heavy (non-hydrogen) atoms. The first-order valence-electron chi connectivity index (χ1n) is 7.63. The number of hydrogen-bond donors (Lipinski definition) is 1. The van der Waals surface area contributed by atoms with Crippen molar-refractivity contribution in [1.29, 1.82) is 0 Å². The monoisotopic (exact) mass is 264 g/mol. The van der Waals surface area contributed by atoms with Crippen LogP contribution in [0, 0.1) is 5.92 Å². The molecule has 1 fully saturated rings. The number of likely N-dealkylation sites (tertiary alicyclic amines) is 1. The van der Waals surface area contributed by atoms with E-state index in [9.17, 15) is 0 Å². The highest BCUT2D eigenvalue weighted by Gasteiger charge is 2.23. The van der Waals surface area contributed by atoms with E-state index < -0.39 is 0 Å². The fourth-order valence-electron chi connectivity index (χ4n) is 2.93. The Kier molecular flexibility index (Phi) is 5.40. The minimum absolute atomic E-state index is 0.664. The van der Waals surface area contributed by atoms with Gasteiger partial charge in [-0.1, -0.05) is 6.92 Å². The Morgan fingerprint density at radius 1 is 1.42 bits per heavy atom. The molecule has 0 aromatic carbocycles. The van der Waals surface area contributed by atoms with Crippen molar-refractivity contribution in [3.63, 3.8) is 0 Å². The third-order valence-electron chi connectivity index (χ3n) is 4.21. The van der Waals surface area contributed by atoms with E-state index >= 15 is 0 Å². The van der Waals surface area contributed by atoms with Crippen molar-refractivity contribution in [2.75, 3.05) is 19.6 Å². The van der Waals surface area contributed by atoms with E-state index in [1.807, 2.05) is 17.9 Å². The number of aryl methyl sites for hydroxylation is 1. The number of aromatic nitrogens is 2. The molecule has 1 atom stereocenters. The van der Waals surface area contributed by atoms with Gasteiger partial charge in [0.2, 0.25) is 0 Å². The van der Waals surface area contributed by atoms with Crippen LogP contribution in [0.2, 0.25) is 0 Å². The third kappa shape index (κ3) is 4.32. The second kappa shape index (κ2) is 7.06. The molecule has 1 aliphatic heterocycles. The summed E-state index contributed by atoms with van der Waals surface area (Å²) in [5.41, 5.74) is 1.19. The summed E-state index contributed by atoms with van der Waals surface area (Å²) in [6.07, 6.45) is 5.87. The number of hydrogen-bond acceptors (Lipinski definition) is 3. The fraction of sp³-hybridized carbons (Fsp3) is 0.800. The van der Waals surface area contributed by atoms with Gasteiger partial charge in [0, 0.05) is 25.8 Å². The van der Waals surface area contributed by atoms with Gasteiger partial charge in [-0.3, -0.25) is 9.58 Å². The van der Waals surface area contributed by atoms with Crippen LogP contribution in [0.25, 0.3) is 0 Å². The Labute approximate surface area is 117 Å². The standard InChI is InChI=1S/C15H28N4/c1-4-8-16-13(2)14-5-10-19(11-6-14)12-15-7-9-18(3)17-15/h7,9,13-14,16H,4-6,8,10-12H2,1-3H3. The molecule has 0 saturated carbocycles. The third-order valence-corrected chi connectivity index (χ3v) is 4.21. The summed E-state index contributed by atoms with van der Waals surface area (Å²) in [7, 11) is 1.98. The second-order valence-electron chi connectivity index (χ2n) is 5.84. The van der Waals surface area contributed by atoms with Crippen molar-refractivity contribution in [3.05, 3.63) is 18.0 Å². The first-order chi connectivity index (χ1) is 9.19. The lowest BCUT2D eigenvalue weighted by Gasteiger charge is -2.34. The Morgan fingerprint density at radius 2 is 2.16 bits per heavy atom. The van der Waals surface area contributed by atoms with Crippen molar-refractivity contribution < 1.29 is 0 Å². The van der Waals surface area contributed by atoms with Gasteiger partial charge in [0.15, 0.2) is 0 Å². The summed E-state index contributed by atoms with van der Waals surface area (Å²) < 4.78 is 1.89. The highest BCUT2D eigenvalue weighted by Crippen LogP contribution is 2.21. The van der Waals surface area contributed by atoms with Gasteiger partial charge < -0.3 is 5.32 Å². The summed E-state index contributed by atoms with van der Waals surface area (Å²) in [5, 5.41) is 8.10. The van der Waals surface area contributed by atoms with Gasteiger partial charge in [0.05, 0.1) is 5.69 Å². The molecule has 1 aromatic heterocycles. The molecule has 0 radical (unpaired) electrons. The molecule has 4 nitrogen and oxygen atoms in total. The molecule has 0 bridgehead atoms. The number of nitrogens with one attached hydrogen (secondary N) is 1. The van der Waals surface area contributed by atoms with E-state index in [2.05, 4.69) is 35.2 Å². The predicted molar refractivity (Wildman–Crippen MR) is 79.0 cm³/mol. The smallest absolute Gasteiger partial charge is 0.0764 e. The summed E-state index contributed by atoms with van der Waals surface area (Å²) in [6.45, 7) is 9.14. The maximum Gasteiger partial charge on any atom is 0.0764 e. The van der Waals surface area contributed by atoms with Crippen LogP contribution >= 0.6 is 0 Å². The minimum atomic E-state index is 0.664. The maximum atomic E-state index is 4.46. The van der Waals surface area contributed by atoms with E-state index in [-0.39, 0.29) is 0 Å². The molecule has 108 valence electrons. The Morgan fingerprint density at radius 3 is 2.74 bits per heavy atom. The molecule has 1 unspecified atom stereocenters. The molecule has 0 spiro atoms. The van der Waals surface area contributed by atoms with E-state index in [1.54, 1.807) is 0 Å². The van der Waals surface area contributed by atoms with Crippen molar-refractivity contribution >= 4 is 0 Å². The van der Waals surface area contributed by atoms with Crippen LogP contribution in [-0.4, -0.2) is 40.4 Å². The van der Waals surface area contributed by atoms with E-state index in [0.717, 1.165) is 19.0 Å². The zero-order valence-corrected chi connectivity index (χ0v) is 12.6. The molecule has 2 rings (SSSR count). The Hall–Kier alpha value is -0.870. The highest BCUT2D eigenvalue weighted by atomic mass is 15.3. The average molecular weight is 264 g/mol. The van der Waals surface area contributed by atoms with Gasteiger partial charge in [-0.05, 0) is 57.8 Å². The van der Waals surface area contributed by atoms with Gasteiger partial charge >= 0.3 is 0 Å². The highest BCUT2D eigenvalue weighted by molar-refractivity contribution is 4.98. The van der Waals surface area contributed by atoms with Crippen LogP contribution in [0.15, 0.2) is 12.3 Å². The maximum absolute atomic E-state index is 4.46. The SMILES string of the molecule is CCCNC(C)C1CCN(Cc2ccn(C)n2)CC1. The molecular formula is C15H28N4. The van der Waals surface area contributed by atoms with Gasteiger partial charge in [0.25, 0.3) is 0 Å². The zero-order valence-electron chi connectivity index (χ0n) is 12.6. The first-order valence-corrected chi connectivity index (χ1v) is 7.63. The second-order valence-corrected chi connectivity index (χ2v) is 5.84. The molecule has 4 heteroatoms. The minimum Gasteiger partial charge on any atom is -0.314 e. The largest absolute Gasteiger partial charge is 0.314 e. The Bertz CT molecular complexity index is 366. The molecule has 0 amide bonds. The summed E-state index contributed by atoms with van der Waals surface area (Å²) >= 11 is 0. The first kappa shape index (κ1) is 14.5. The van der Waals surface area contributed by atoms with Gasteiger partial charge in [-0.25, -0.2) is 0 Å². The van der Waals surface area contributed by atoms with Crippen molar-refractivity contribution in [2.24, 2.45) is 13.0 Å². The van der Waals surface area contributed by atoms with Crippen molar-refractivity contribution in [1.82, 2.24) is 20.0 Å². The normalized spacial score (nSPS) is 19.7. The van der Waals surface area contributed by atoms with E-state index in [4.69, 9.17) is 0 Å².